The second-order valence-corrected chi connectivity index (χ2v) is 5.25. The summed E-state index contributed by atoms with van der Waals surface area (Å²) in [5.41, 5.74) is 2.01. The molecule has 1 aliphatic rings. The van der Waals surface area contributed by atoms with Crippen LogP contribution >= 0.6 is 0 Å². The molecule has 104 valence electrons. The highest BCUT2D eigenvalue weighted by molar-refractivity contribution is 5.86. The molecular weight excluding hydrogens is 254 g/mol. The molecule has 0 unspecified atom stereocenters. The minimum Gasteiger partial charge on any atom is -0.476 e. The summed E-state index contributed by atoms with van der Waals surface area (Å²) in [7, 11) is 0. The Hall–Kier alpha value is -2.17. The molecule has 1 aliphatic carbocycles. The third-order valence-corrected chi connectivity index (χ3v) is 3.89. The van der Waals surface area contributed by atoms with E-state index in [1.54, 1.807) is 4.68 Å². The third kappa shape index (κ3) is 2.43. The van der Waals surface area contributed by atoms with E-state index in [9.17, 15) is 9.90 Å². The van der Waals surface area contributed by atoms with Crippen molar-refractivity contribution >= 4 is 5.97 Å². The summed E-state index contributed by atoms with van der Waals surface area (Å²) in [6.07, 6.45) is 4.37. The summed E-state index contributed by atoms with van der Waals surface area (Å²) in [5, 5.41) is 17.2. The van der Waals surface area contributed by atoms with Gasteiger partial charge >= 0.3 is 5.97 Å². The van der Waals surface area contributed by atoms with E-state index in [0.29, 0.717) is 6.54 Å². The van der Waals surface area contributed by atoms with Crippen molar-refractivity contribution in [2.24, 2.45) is 0 Å². The molecule has 2 aromatic rings. The summed E-state index contributed by atoms with van der Waals surface area (Å²) in [5.74, 6) is -0.703. The van der Waals surface area contributed by atoms with Gasteiger partial charge in [-0.15, -0.1) is 5.10 Å². The first-order chi connectivity index (χ1) is 9.75. The SMILES string of the molecule is O=C(O)c1nnn(Cc2ccccc2)c1C1CCCC1. The van der Waals surface area contributed by atoms with Gasteiger partial charge in [0.05, 0.1) is 12.2 Å². The van der Waals surface area contributed by atoms with Gasteiger partial charge in [0, 0.05) is 5.92 Å². The molecule has 5 heteroatoms. The fraction of sp³-hybridized carbons (Fsp3) is 0.400. The Bertz CT molecular complexity index is 601. The Morgan fingerprint density at radius 3 is 2.60 bits per heavy atom. The lowest BCUT2D eigenvalue weighted by Gasteiger charge is -2.12. The smallest absolute Gasteiger partial charge is 0.358 e. The van der Waals surface area contributed by atoms with Crippen LogP contribution in [0.1, 0.15) is 53.3 Å². The zero-order valence-corrected chi connectivity index (χ0v) is 11.2. The number of nitrogens with zero attached hydrogens (tertiary/aromatic N) is 3. The summed E-state index contributed by atoms with van der Waals surface area (Å²) in [6.45, 7) is 0.576. The van der Waals surface area contributed by atoms with E-state index in [0.717, 1.165) is 36.9 Å². The normalized spacial score (nSPS) is 15.6. The van der Waals surface area contributed by atoms with Crippen LogP contribution in [0.3, 0.4) is 0 Å². The van der Waals surface area contributed by atoms with Crippen molar-refractivity contribution in [1.82, 2.24) is 15.0 Å². The average molecular weight is 271 g/mol. The summed E-state index contributed by atoms with van der Waals surface area (Å²) >= 11 is 0. The lowest BCUT2D eigenvalue weighted by molar-refractivity contribution is 0.0688. The zero-order chi connectivity index (χ0) is 13.9. The molecule has 20 heavy (non-hydrogen) atoms. The van der Waals surface area contributed by atoms with Crippen molar-refractivity contribution in [1.29, 1.82) is 0 Å². The fourth-order valence-electron chi connectivity index (χ4n) is 2.95. The summed E-state index contributed by atoms with van der Waals surface area (Å²) in [6, 6.07) is 9.94. The topological polar surface area (TPSA) is 68.0 Å². The van der Waals surface area contributed by atoms with Crippen molar-refractivity contribution in [3.05, 3.63) is 47.3 Å². The molecule has 1 fully saturated rings. The minimum atomic E-state index is -0.980. The maximum atomic E-state index is 11.3. The number of carboxylic acid groups (broad SMARTS) is 1. The minimum absolute atomic E-state index is 0.118. The number of rotatable bonds is 4. The van der Waals surface area contributed by atoms with Gasteiger partial charge in [-0.1, -0.05) is 48.4 Å². The molecule has 0 bridgehead atoms. The molecule has 1 heterocycles. The number of aromatic carboxylic acids is 1. The largest absolute Gasteiger partial charge is 0.476 e. The van der Waals surface area contributed by atoms with Gasteiger partial charge in [0.25, 0.3) is 0 Å². The van der Waals surface area contributed by atoms with Gasteiger partial charge in [-0.25, -0.2) is 9.48 Å². The van der Waals surface area contributed by atoms with Crippen molar-refractivity contribution in [2.45, 2.75) is 38.1 Å². The van der Waals surface area contributed by atoms with Crippen LogP contribution in [0.5, 0.6) is 0 Å². The van der Waals surface area contributed by atoms with Gasteiger partial charge in [-0.05, 0) is 18.4 Å². The molecule has 1 aromatic heterocycles. The molecule has 0 spiro atoms. The van der Waals surface area contributed by atoms with Gasteiger partial charge in [0.1, 0.15) is 0 Å². The first kappa shape index (κ1) is 12.8. The van der Waals surface area contributed by atoms with Gasteiger partial charge in [-0.3, -0.25) is 0 Å². The maximum absolute atomic E-state index is 11.3. The Kier molecular flexibility index (Phi) is 3.50. The lowest BCUT2D eigenvalue weighted by Crippen LogP contribution is -2.12. The first-order valence-electron chi connectivity index (χ1n) is 6.96. The van der Waals surface area contributed by atoms with E-state index >= 15 is 0 Å². The van der Waals surface area contributed by atoms with E-state index in [4.69, 9.17) is 0 Å². The number of carboxylic acids is 1. The number of hydrogen-bond acceptors (Lipinski definition) is 3. The number of benzene rings is 1. The van der Waals surface area contributed by atoms with Gasteiger partial charge in [0.2, 0.25) is 0 Å². The van der Waals surface area contributed by atoms with E-state index in [-0.39, 0.29) is 11.6 Å². The predicted octanol–water partition coefficient (Wildman–Crippen LogP) is 2.68. The Morgan fingerprint density at radius 1 is 1.25 bits per heavy atom. The molecular formula is C15H17N3O2. The van der Waals surface area contributed by atoms with Crippen LogP contribution in [0.4, 0.5) is 0 Å². The molecule has 0 amide bonds. The quantitative estimate of drug-likeness (QED) is 0.928. The Balaban J connectivity index is 1.96. The number of hydrogen-bond donors (Lipinski definition) is 1. The van der Waals surface area contributed by atoms with Crippen LogP contribution in [0.15, 0.2) is 30.3 Å². The van der Waals surface area contributed by atoms with Gasteiger partial charge in [-0.2, -0.15) is 0 Å². The fourth-order valence-corrected chi connectivity index (χ4v) is 2.95. The van der Waals surface area contributed by atoms with Crippen molar-refractivity contribution in [3.63, 3.8) is 0 Å². The highest BCUT2D eigenvalue weighted by atomic mass is 16.4. The van der Waals surface area contributed by atoms with Crippen LogP contribution < -0.4 is 0 Å². The van der Waals surface area contributed by atoms with E-state index in [1.165, 1.54) is 0 Å². The standard InChI is InChI=1S/C15H17N3O2/c19-15(20)13-14(12-8-4-5-9-12)18(17-16-13)10-11-6-2-1-3-7-11/h1-3,6-7,12H,4-5,8-10H2,(H,19,20). The van der Waals surface area contributed by atoms with Crippen molar-refractivity contribution < 1.29 is 9.90 Å². The molecule has 0 atom stereocenters. The zero-order valence-electron chi connectivity index (χ0n) is 11.2. The second-order valence-electron chi connectivity index (χ2n) is 5.25. The van der Waals surface area contributed by atoms with E-state index < -0.39 is 5.97 Å². The van der Waals surface area contributed by atoms with Crippen LogP contribution in [-0.2, 0) is 6.54 Å². The van der Waals surface area contributed by atoms with Gasteiger partial charge < -0.3 is 5.11 Å². The highest BCUT2D eigenvalue weighted by Gasteiger charge is 2.28. The summed E-state index contributed by atoms with van der Waals surface area (Å²) < 4.78 is 1.76. The van der Waals surface area contributed by atoms with E-state index in [2.05, 4.69) is 10.3 Å². The molecule has 0 radical (unpaired) electrons. The molecule has 0 saturated heterocycles. The lowest BCUT2D eigenvalue weighted by atomic mass is 10.0. The van der Waals surface area contributed by atoms with Crippen LogP contribution in [0, 0.1) is 0 Å². The van der Waals surface area contributed by atoms with Crippen LogP contribution in [0.2, 0.25) is 0 Å². The van der Waals surface area contributed by atoms with Crippen molar-refractivity contribution in [3.8, 4) is 0 Å². The molecule has 1 saturated carbocycles. The number of aromatic nitrogens is 3. The second kappa shape index (κ2) is 5.45. The maximum Gasteiger partial charge on any atom is 0.358 e. The van der Waals surface area contributed by atoms with E-state index in [1.807, 2.05) is 30.3 Å². The summed E-state index contributed by atoms with van der Waals surface area (Å²) in [4.78, 5) is 11.3. The highest BCUT2D eigenvalue weighted by Crippen LogP contribution is 2.35. The third-order valence-electron chi connectivity index (χ3n) is 3.89. The molecule has 0 aliphatic heterocycles. The van der Waals surface area contributed by atoms with Crippen molar-refractivity contribution in [2.75, 3.05) is 0 Å². The molecule has 5 nitrogen and oxygen atoms in total. The Labute approximate surface area is 117 Å². The molecule has 1 aromatic carbocycles. The van der Waals surface area contributed by atoms with Crippen LogP contribution in [-0.4, -0.2) is 26.1 Å². The Morgan fingerprint density at radius 2 is 1.95 bits per heavy atom. The monoisotopic (exact) mass is 271 g/mol. The first-order valence-corrected chi connectivity index (χ1v) is 6.96. The molecule has 3 rings (SSSR count). The predicted molar refractivity (Wildman–Crippen MR) is 73.7 cm³/mol. The number of carbonyl (C=O) groups is 1. The average Bonchev–Trinajstić information content (AvgIpc) is 3.08. The van der Waals surface area contributed by atoms with Crippen LogP contribution in [0.25, 0.3) is 0 Å². The molecule has 1 N–H and O–H groups in total. The van der Waals surface area contributed by atoms with Gasteiger partial charge in [0.15, 0.2) is 5.69 Å².